The van der Waals surface area contributed by atoms with Crippen molar-refractivity contribution in [3.05, 3.63) is 54.0 Å². The van der Waals surface area contributed by atoms with Gasteiger partial charge in [0, 0.05) is 37.8 Å². The summed E-state index contributed by atoms with van der Waals surface area (Å²) in [5.41, 5.74) is 1.52. The number of carbonyl (C=O) groups is 1. The fraction of sp³-hybridized carbons (Fsp3) is 0.481. The van der Waals surface area contributed by atoms with E-state index < -0.39 is 5.60 Å². The molecule has 0 unspecified atom stereocenters. The summed E-state index contributed by atoms with van der Waals surface area (Å²) in [5.74, 6) is 1.57. The molecule has 2 fully saturated rings. The van der Waals surface area contributed by atoms with Crippen molar-refractivity contribution in [2.24, 2.45) is 5.92 Å². The first-order valence-electron chi connectivity index (χ1n) is 12.6. The largest absolute Gasteiger partial charge is 0.494 e. The molecule has 5 rings (SSSR count). The Labute approximate surface area is 206 Å². The number of carbonyl (C=O) groups excluding carboxylic acids is 1. The number of piperidine rings is 2. The molecule has 1 N–H and O–H groups in total. The number of fused-ring (bicyclic) bond motifs is 1. The van der Waals surface area contributed by atoms with Crippen LogP contribution < -0.4 is 9.64 Å². The molecule has 1 aromatic carbocycles. The predicted octanol–water partition coefficient (Wildman–Crippen LogP) is 3.46. The van der Waals surface area contributed by atoms with Crippen molar-refractivity contribution in [1.82, 2.24) is 19.9 Å². The Morgan fingerprint density at radius 3 is 2.74 bits per heavy atom. The Hall–Kier alpha value is -3.26. The summed E-state index contributed by atoms with van der Waals surface area (Å²) >= 11 is 0. The third kappa shape index (κ3) is 4.80. The van der Waals surface area contributed by atoms with Crippen molar-refractivity contribution in [3.8, 4) is 5.75 Å². The van der Waals surface area contributed by atoms with Crippen LogP contribution in [0.25, 0.3) is 10.9 Å². The number of likely N-dealkylation sites (tertiary alicyclic amines) is 1. The third-order valence-corrected chi connectivity index (χ3v) is 7.25. The highest BCUT2D eigenvalue weighted by Gasteiger charge is 2.38. The van der Waals surface area contributed by atoms with Crippen molar-refractivity contribution in [2.45, 2.75) is 45.1 Å². The van der Waals surface area contributed by atoms with Crippen LogP contribution in [0.5, 0.6) is 5.75 Å². The van der Waals surface area contributed by atoms with Gasteiger partial charge in [0.1, 0.15) is 11.4 Å². The SMILES string of the molecule is CCOc1ccc2nc(N3CCC[C@@H](C(=O)N4CCC(O)(c5ccccn5)CC4)C3)nc(C)c2c1. The van der Waals surface area contributed by atoms with Crippen LogP contribution >= 0.6 is 0 Å². The third-order valence-electron chi connectivity index (χ3n) is 7.25. The minimum absolute atomic E-state index is 0.0928. The maximum Gasteiger partial charge on any atom is 0.227 e. The number of ether oxygens (including phenoxy) is 1. The molecular formula is C27H33N5O3. The molecule has 1 atom stereocenters. The van der Waals surface area contributed by atoms with Gasteiger partial charge in [-0.3, -0.25) is 9.78 Å². The molecule has 1 amide bonds. The van der Waals surface area contributed by atoms with Gasteiger partial charge < -0.3 is 19.6 Å². The van der Waals surface area contributed by atoms with E-state index in [1.807, 2.05) is 55.1 Å². The number of anilines is 1. The van der Waals surface area contributed by atoms with Crippen LogP contribution in [0.4, 0.5) is 5.95 Å². The molecule has 0 spiro atoms. The zero-order valence-corrected chi connectivity index (χ0v) is 20.5. The fourth-order valence-electron chi connectivity index (χ4n) is 5.25. The van der Waals surface area contributed by atoms with Gasteiger partial charge in [0.15, 0.2) is 0 Å². The van der Waals surface area contributed by atoms with E-state index >= 15 is 0 Å². The zero-order valence-electron chi connectivity index (χ0n) is 20.5. The van der Waals surface area contributed by atoms with E-state index in [0.29, 0.717) is 50.7 Å². The van der Waals surface area contributed by atoms with E-state index in [1.165, 1.54) is 0 Å². The van der Waals surface area contributed by atoms with Crippen molar-refractivity contribution in [3.63, 3.8) is 0 Å². The first-order chi connectivity index (χ1) is 17.0. The lowest BCUT2D eigenvalue weighted by Crippen LogP contribution is -2.50. The fourth-order valence-corrected chi connectivity index (χ4v) is 5.25. The summed E-state index contributed by atoms with van der Waals surface area (Å²) in [4.78, 5) is 31.4. The number of rotatable bonds is 5. The van der Waals surface area contributed by atoms with Crippen molar-refractivity contribution in [1.29, 1.82) is 0 Å². The van der Waals surface area contributed by atoms with Gasteiger partial charge in [-0.1, -0.05) is 6.07 Å². The van der Waals surface area contributed by atoms with Crippen molar-refractivity contribution >= 4 is 22.8 Å². The van der Waals surface area contributed by atoms with Crippen LogP contribution in [0.15, 0.2) is 42.6 Å². The molecule has 0 bridgehead atoms. The number of aromatic nitrogens is 3. The summed E-state index contributed by atoms with van der Waals surface area (Å²) in [5, 5.41) is 12.1. The molecule has 0 saturated carbocycles. The van der Waals surface area contributed by atoms with Crippen LogP contribution in [0.2, 0.25) is 0 Å². The molecule has 2 aliphatic heterocycles. The molecule has 2 aliphatic rings. The number of hydrogen-bond acceptors (Lipinski definition) is 7. The molecule has 0 aliphatic carbocycles. The van der Waals surface area contributed by atoms with Crippen LogP contribution in [0.1, 0.15) is 44.0 Å². The van der Waals surface area contributed by atoms with Crippen LogP contribution in [-0.4, -0.2) is 63.7 Å². The van der Waals surface area contributed by atoms with E-state index in [1.54, 1.807) is 6.20 Å². The number of hydrogen-bond donors (Lipinski definition) is 1. The van der Waals surface area contributed by atoms with Crippen LogP contribution in [-0.2, 0) is 10.4 Å². The lowest BCUT2D eigenvalue weighted by atomic mass is 9.86. The second kappa shape index (κ2) is 9.77. The van der Waals surface area contributed by atoms with Gasteiger partial charge in [-0.15, -0.1) is 0 Å². The lowest BCUT2D eigenvalue weighted by molar-refractivity contribution is -0.140. The highest BCUT2D eigenvalue weighted by Crippen LogP contribution is 2.33. The normalized spacial score (nSPS) is 20.1. The Kier molecular flexibility index (Phi) is 6.56. The number of benzene rings is 1. The topological polar surface area (TPSA) is 91.7 Å². The first kappa shape index (κ1) is 23.5. The Balaban J connectivity index is 1.26. The van der Waals surface area contributed by atoms with E-state index in [0.717, 1.165) is 41.7 Å². The van der Waals surface area contributed by atoms with E-state index in [9.17, 15) is 9.90 Å². The van der Waals surface area contributed by atoms with Gasteiger partial charge in [0.05, 0.1) is 29.4 Å². The van der Waals surface area contributed by atoms with E-state index in [4.69, 9.17) is 14.7 Å². The van der Waals surface area contributed by atoms with Crippen LogP contribution in [0, 0.1) is 12.8 Å². The summed E-state index contributed by atoms with van der Waals surface area (Å²) in [7, 11) is 0. The van der Waals surface area contributed by atoms with Gasteiger partial charge in [0.2, 0.25) is 11.9 Å². The zero-order chi connectivity index (χ0) is 24.4. The molecular weight excluding hydrogens is 442 g/mol. The predicted molar refractivity (Wildman–Crippen MR) is 134 cm³/mol. The highest BCUT2D eigenvalue weighted by atomic mass is 16.5. The smallest absolute Gasteiger partial charge is 0.227 e. The quantitative estimate of drug-likeness (QED) is 0.604. The monoisotopic (exact) mass is 475 g/mol. The van der Waals surface area contributed by atoms with Gasteiger partial charge >= 0.3 is 0 Å². The second-order valence-corrected chi connectivity index (χ2v) is 9.58. The van der Waals surface area contributed by atoms with Gasteiger partial charge in [-0.25, -0.2) is 9.97 Å². The molecule has 4 heterocycles. The Bertz CT molecular complexity index is 1190. The molecule has 8 nitrogen and oxygen atoms in total. The van der Waals surface area contributed by atoms with Gasteiger partial charge in [-0.2, -0.15) is 0 Å². The summed E-state index contributed by atoms with van der Waals surface area (Å²) in [6, 6.07) is 11.5. The van der Waals surface area contributed by atoms with Crippen molar-refractivity contribution in [2.75, 3.05) is 37.7 Å². The highest BCUT2D eigenvalue weighted by molar-refractivity contribution is 5.83. The number of amides is 1. The molecule has 35 heavy (non-hydrogen) atoms. The summed E-state index contributed by atoms with van der Waals surface area (Å²) in [6.45, 7) is 7.10. The van der Waals surface area contributed by atoms with E-state index in [2.05, 4.69) is 9.88 Å². The molecule has 2 aromatic heterocycles. The lowest BCUT2D eigenvalue weighted by Gasteiger charge is -2.40. The van der Waals surface area contributed by atoms with Gasteiger partial charge in [-0.05, 0) is 69.9 Å². The van der Waals surface area contributed by atoms with Crippen LogP contribution in [0.3, 0.4) is 0 Å². The number of nitrogens with zero attached hydrogens (tertiary/aromatic N) is 5. The summed E-state index contributed by atoms with van der Waals surface area (Å²) < 4.78 is 5.62. The minimum atomic E-state index is -0.963. The van der Waals surface area contributed by atoms with E-state index in [-0.39, 0.29) is 11.8 Å². The second-order valence-electron chi connectivity index (χ2n) is 9.58. The number of aliphatic hydroxyl groups is 1. The Morgan fingerprint density at radius 2 is 2.00 bits per heavy atom. The molecule has 8 heteroatoms. The average Bonchev–Trinajstić information content (AvgIpc) is 2.90. The maximum absolute atomic E-state index is 13.4. The molecule has 0 radical (unpaired) electrons. The first-order valence-corrected chi connectivity index (χ1v) is 12.6. The van der Waals surface area contributed by atoms with Gasteiger partial charge in [0.25, 0.3) is 0 Å². The summed E-state index contributed by atoms with van der Waals surface area (Å²) in [6.07, 6.45) is 4.49. The molecule has 184 valence electrons. The molecule has 3 aromatic rings. The maximum atomic E-state index is 13.4. The number of aryl methyl sites for hydroxylation is 1. The molecule has 2 saturated heterocycles. The Morgan fingerprint density at radius 1 is 1.17 bits per heavy atom. The van der Waals surface area contributed by atoms with Crippen molar-refractivity contribution < 1.29 is 14.6 Å². The minimum Gasteiger partial charge on any atom is -0.494 e. The number of pyridine rings is 1. The standard InChI is InChI=1S/C27H33N5O3/c1-3-35-21-9-10-23-22(17-21)19(2)29-26(30-23)32-14-6-7-20(18-32)25(33)31-15-11-27(34,12-16-31)24-8-4-5-13-28-24/h4-5,8-10,13,17,20,34H,3,6-7,11-12,14-16,18H2,1-2H3/t20-/m1/s1. The average molecular weight is 476 g/mol.